The molecule has 2 heterocycles. The standard InChI is InChI=1S/C13H18BrNO3/c1-9(16)8-10-4-2-3-7-15(10)13(17)11-5-6-12(14)18-11/h5-6,9-10,16H,2-4,7-8H2,1H3. The second-order valence-electron chi connectivity index (χ2n) is 4.84. The number of piperidine rings is 1. The molecule has 18 heavy (non-hydrogen) atoms. The summed E-state index contributed by atoms with van der Waals surface area (Å²) in [5, 5.41) is 9.51. The number of carbonyl (C=O) groups is 1. The molecule has 1 aromatic heterocycles. The Balaban J connectivity index is 2.10. The Morgan fingerprint density at radius 2 is 2.39 bits per heavy atom. The van der Waals surface area contributed by atoms with E-state index in [1.807, 2.05) is 4.90 Å². The zero-order valence-electron chi connectivity index (χ0n) is 10.4. The Kier molecular flexibility index (Phi) is 4.45. The molecule has 1 aliphatic heterocycles. The van der Waals surface area contributed by atoms with Crippen LogP contribution >= 0.6 is 15.9 Å². The van der Waals surface area contributed by atoms with Crippen molar-refractivity contribution in [3.63, 3.8) is 0 Å². The molecule has 0 bridgehead atoms. The van der Waals surface area contributed by atoms with Crippen molar-refractivity contribution >= 4 is 21.8 Å². The van der Waals surface area contributed by atoms with E-state index < -0.39 is 0 Å². The summed E-state index contributed by atoms with van der Waals surface area (Å²) in [6, 6.07) is 3.52. The highest BCUT2D eigenvalue weighted by Crippen LogP contribution is 2.24. The Labute approximate surface area is 115 Å². The van der Waals surface area contributed by atoms with Crippen LogP contribution < -0.4 is 0 Å². The topological polar surface area (TPSA) is 53.7 Å². The van der Waals surface area contributed by atoms with Crippen molar-refractivity contribution < 1.29 is 14.3 Å². The third kappa shape index (κ3) is 3.14. The van der Waals surface area contributed by atoms with Gasteiger partial charge in [-0.1, -0.05) is 0 Å². The Morgan fingerprint density at radius 1 is 1.61 bits per heavy atom. The monoisotopic (exact) mass is 315 g/mol. The predicted octanol–water partition coefficient (Wildman–Crippen LogP) is 2.81. The molecule has 100 valence electrons. The van der Waals surface area contributed by atoms with Crippen molar-refractivity contribution in [2.75, 3.05) is 6.54 Å². The van der Waals surface area contributed by atoms with Gasteiger partial charge in [-0.05, 0) is 60.7 Å². The zero-order chi connectivity index (χ0) is 13.1. The number of aliphatic hydroxyl groups excluding tert-OH is 1. The van der Waals surface area contributed by atoms with E-state index in [0.29, 0.717) is 16.9 Å². The van der Waals surface area contributed by atoms with Gasteiger partial charge in [0, 0.05) is 12.6 Å². The number of nitrogens with zero attached hydrogens (tertiary/aromatic N) is 1. The zero-order valence-corrected chi connectivity index (χ0v) is 12.0. The highest BCUT2D eigenvalue weighted by atomic mass is 79.9. The number of likely N-dealkylation sites (tertiary alicyclic amines) is 1. The number of furan rings is 1. The number of carbonyl (C=O) groups excluding carboxylic acids is 1. The van der Waals surface area contributed by atoms with Gasteiger partial charge in [0.2, 0.25) is 0 Å². The SMILES string of the molecule is CC(O)CC1CCCCN1C(=O)c1ccc(Br)o1. The largest absolute Gasteiger partial charge is 0.444 e. The first-order chi connectivity index (χ1) is 8.58. The van der Waals surface area contributed by atoms with Crippen LogP contribution in [0.5, 0.6) is 0 Å². The van der Waals surface area contributed by atoms with Gasteiger partial charge in [0.1, 0.15) is 0 Å². The molecule has 1 amide bonds. The molecule has 1 saturated heterocycles. The summed E-state index contributed by atoms with van der Waals surface area (Å²) >= 11 is 3.20. The number of aliphatic hydroxyl groups is 1. The molecule has 5 heteroatoms. The molecule has 2 rings (SSSR count). The van der Waals surface area contributed by atoms with E-state index in [-0.39, 0.29) is 18.1 Å². The molecule has 1 aromatic rings. The second kappa shape index (κ2) is 5.89. The van der Waals surface area contributed by atoms with Gasteiger partial charge in [-0.2, -0.15) is 0 Å². The van der Waals surface area contributed by atoms with Gasteiger partial charge in [0.05, 0.1) is 6.10 Å². The first kappa shape index (κ1) is 13.6. The van der Waals surface area contributed by atoms with Gasteiger partial charge in [0.15, 0.2) is 10.4 Å². The van der Waals surface area contributed by atoms with Crippen LogP contribution in [0.1, 0.15) is 43.2 Å². The highest BCUT2D eigenvalue weighted by Gasteiger charge is 2.29. The number of amides is 1. The van der Waals surface area contributed by atoms with E-state index in [1.54, 1.807) is 19.1 Å². The Bertz CT molecular complexity index is 416. The van der Waals surface area contributed by atoms with Crippen LogP contribution in [0.3, 0.4) is 0 Å². The molecule has 0 spiro atoms. The summed E-state index contributed by atoms with van der Waals surface area (Å²) in [6.45, 7) is 2.51. The van der Waals surface area contributed by atoms with Crippen molar-refractivity contribution in [2.24, 2.45) is 0 Å². The smallest absolute Gasteiger partial charge is 0.289 e. The van der Waals surface area contributed by atoms with Gasteiger partial charge >= 0.3 is 0 Å². The molecule has 1 aliphatic rings. The van der Waals surface area contributed by atoms with E-state index in [2.05, 4.69) is 15.9 Å². The summed E-state index contributed by atoms with van der Waals surface area (Å²) in [6.07, 6.45) is 3.34. The van der Waals surface area contributed by atoms with Crippen LogP contribution in [0, 0.1) is 0 Å². The molecular weight excluding hydrogens is 298 g/mol. The Hall–Kier alpha value is -0.810. The van der Waals surface area contributed by atoms with E-state index in [0.717, 1.165) is 25.8 Å². The van der Waals surface area contributed by atoms with Gasteiger partial charge in [-0.3, -0.25) is 4.79 Å². The van der Waals surface area contributed by atoms with Crippen molar-refractivity contribution in [2.45, 2.75) is 44.8 Å². The van der Waals surface area contributed by atoms with Crippen LogP contribution in [0.25, 0.3) is 0 Å². The molecule has 0 aliphatic carbocycles. The fourth-order valence-electron chi connectivity index (χ4n) is 2.48. The van der Waals surface area contributed by atoms with Gasteiger partial charge in [0.25, 0.3) is 5.91 Å². The summed E-state index contributed by atoms with van der Waals surface area (Å²) in [5.41, 5.74) is 0. The first-order valence-corrected chi connectivity index (χ1v) is 7.11. The maximum Gasteiger partial charge on any atom is 0.289 e. The number of halogens is 1. The van der Waals surface area contributed by atoms with Crippen LogP contribution in [0.15, 0.2) is 21.2 Å². The van der Waals surface area contributed by atoms with Crippen LogP contribution in [0.4, 0.5) is 0 Å². The quantitative estimate of drug-likeness (QED) is 0.933. The number of hydrogen-bond donors (Lipinski definition) is 1. The molecule has 1 fully saturated rings. The Morgan fingerprint density at radius 3 is 3.00 bits per heavy atom. The lowest BCUT2D eigenvalue weighted by Crippen LogP contribution is -2.44. The summed E-state index contributed by atoms with van der Waals surface area (Å²) in [5.74, 6) is 0.283. The van der Waals surface area contributed by atoms with Crippen LogP contribution in [0.2, 0.25) is 0 Å². The maximum atomic E-state index is 12.3. The molecule has 0 saturated carbocycles. The average molecular weight is 316 g/mol. The first-order valence-electron chi connectivity index (χ1n) is 6.32. The normalized spacial score (nSPS) is 21.9. The number of hydrogen-bond acceptors (Lipinski definition) is 3. The van der Waals surface area contributed by atoms with Gasteiger partial charge < -0.3 is 14.4 Å². The minimum absolute atomic E-state index is 0.0777. The minimum Gasteiger partial charge on any atom is -0.444 e. The highest BCUT2D eigenvalue weighted by molar-refractivity contribution is 9.10. The van der Waals surface area contributed by atoms with Crippen molar-refractivity contribution in [1.29, 1.82) is 0 Å². The van der Waals surface area contributed by atoms with Gasteiger partial charge in [-0.15, -0.1) is 0 Å². The molecule has 2 unspecified atom stereocenters. The van der Waals surface area contributed by atoms with Crippen LogP contribution in [-0.2, 0) is 0 Å². The molecular formula is C13H18BrNO3. The third-order valence-electron chi connectivity index (χ3n) is 3.29. The van der Waals surface area contributed by atoms with Gasteiger partial charge in [-0.25, -0.2) is 0 Å². The lowest BCUT2D eigenvalue weighted by Gasteiger charge is -2.35. The fraction of sp³-hybridized carbons (Fsp3) is 0.615. The lowest BCUT2D eigenvalue weighted by atomic mass is 9.97. The molecule has 0 radical (unpaired) electrons. The van der Waals surface area contributed by atoms with Crippen molar-refractivity contribution in [3.05, 3.63) is 22.6 Å². The molecule has 0 aromatic carbocycles. The minimum atomic E-state index is -0.383. The molecule has 2 atom stereocenters. The molecule has 4 nitrogen and oxygen atoms in total. The summed E-state index contributed by atoms with van der Waals surface area (Å²) in [4.78, 5) is 14.2. The fourth-order valence-corrected chi connectivity index (χ4v) is 2.78. The second-order valence-corrected chi connectivity index (χ2v) is 5.62. The lowest BCUT2D eigenvalue weighted by molar-refractivity contribution is 0.0484. The van der Waals surface area contributed by atoms with E-state index in [9.17, 15) is 9.90 Å². The summed E-state index contributed by atoms with van der Waals surface area (Å²) in [7, 11) is 0. The van der Waals surface area contributed by atoms with Crippen LogP contribution in [-0.4, -0.2) is 34.6 Å². The predicted molar refractivity (Wildman–Crippen MR) is 71.4 cm³/mol. The van der Waals surface area contributed by atoms with E-state index in [1.165, 1.54) is 0 Å². The number of rotatable bonds is 3. The van der Waals surface area contributed by atoms with Crippen molar-refractivity contribution in [3.8, 4) is 0 Å². The maximum absolute atomic E-state index is 12.3. The third-order valence-corrected chi connectivity index (χ3v) is 3.71. The van der Waals surface area contributed by atoms with E-state index >= 15 is 0 Å². The summed E-state index contributed by atoms with van der Waals surface area (Å²) < 4.78 is 5.88. The molecule has 1 N–H and O–H groups in total. The van der Waals surface area contributed by atoms with Crippen molar-refractivity contribution in [1.82, 2.24) is 4.90 Å². The van der Waals surface area contributed by atoms with E-state index in [4.69, 9.17) is 4.42 Å². The average Bonchev–Trinajstić information content (AvgIpc) is 2.75.